The second-order valence-electron chi connectivity index (χ2n) is 4.45. The molecule has 1 atom stereocenters. The monoisotopic (exact) mass is 266 g/mol. The zero-order valence-electron chi connectivity index (χ0n) is 10.1. The summed E-state index contributed by atoms with van der Waals surface area (Å²) in [4.78, 5) is 2.91. The Bertz CT molecular complexity index is 400. The molecule has 1 heterocycles. The lowest BCUT2D eigenvalue weighted by Gasteiger charge is -2.24. The Balaban J connectivity index is 2.09. The van der Waals surface area contributed by atoms with E-state index in [2.05, 4.69) is 18.0 Å². The molecular formula is C13H18N2S2. The van der Waals surface area contributed by atoms with Crippen molar-refractivity contribution >= 4 is 29.0 Å². The van der Waals surface area contributed by atoms with Crippen molar-refractivity contribution in [2.75, 3.05) is 18.6 Å². The molecule has 0 aromatic heterocycles. The van der Waals surface area contributed by atoms with Gasteiger partial charge in [-0.1, -0.05) is 36.5 Å². The first-order chi connectivity index (χ1) is 8.18. The van der Waals surface area contributed by atoms with Crippen LogP contribution in [-0.2, 0) is 6.54 Å². The summed E-state index contributed by atoms with van der Waals surface area (Å²) in [5.41, 5.74) is 8.00. The van der Waals surface area contributed by atoms with Gasteiger partial charge in [0.15, 0.2) is 0 Å². The summed E-state index contributed by atoms with van der Waals surface area (Å²) >= 11 is 7.13. The van der Waals surface area contributed by atoms with E-state index in [0.717, 1.165) is 12.1 Å². The van der Waals surface area contributed by atoms with Crippen molar-refractivity contribution in [3.63, 3.8) is 0 Å². The Hall–Kier alpha value is -0.580. The van der Waals surface area contributed by atoms with E-state index in [1.54, 1.807) is 0 Å². The highest BCUT2D eigenvalue weighted by Crippen LogP contribution is 2.23. The smallest absolute Gasteiger partial charge is 0.104 e. The minimum atomic E-state index is 0.495. The molecule has 2 nitrogen and oxygen atoms in total. The fraction of sp³-hybridized carbons (Fsp3) is 0.462. The van der Waals surface area contributed by atoms with E-state index in [1.807, 2.05) is 30.0 Å². The number of nitrogens with two attached hydrogens (primary N) is 1. The normalized spacial score (nSPS) is 19.8. The number of rotatable bonds is 4. The van der Waals surface area contributed by atoms with Crippen LogP contribution in [0.3, 0.4) is 0 Å². The molecule has 0 aliphatic carbocycles. The maximum Gasteiger partial charge on any atom is 0.104 e. The topological polar surface area (TPSA) is 29.3 Å². The molecule has 0 spiro atoms. The molecule has 17 heavy (non-hydrogen) atoms. The van der Waals surface area contributed by atoms with Gasteiger partial charge in [-0.3, -0.25) is 4.90 Å². The lowest BCUT2D eigenvalue weighted by atomic mass is 10.1. The molecule has 1 aliphatic rings. The van der Waals surface area contributed by atoms with Crippen LogP contribution < -0.4 is 5.73 Å². The number of thioether (sulfide) groups is 1. The summed E-state index contributed by atoms with van der Waals surface area (Å²) in [6, 6.07) is 8.86. The summed E-state index contributed by atoms with van der Waals surface area (Å²) in [6.07, 6.45) is 1.29. The molecule has 2 N–H and O–H groups in total. The van der Waals surface area contributed by atoms with Crippen molar-refractivity contribution in [2.24, 2.45) is 5.73 Å². The van der Waals surface area contributed by atoms with Gasteiger partial charge in [0.25, 0.3) is 0 Å². The fourth-order valence-electron chi connectivity index (χ4n) is 2.17. The predicted molar refractivity (Wildman–Crippen MR) is 79.5 cm³/mol. The number of benzene rings is 1. The van der Waals surface area contributed by atoms with Crippen LogP contribution in [-0.4, -0.2) is 34.5 Å². The van der Waals surface area contributed by atoms with E-state index in [4.69, 9.17) is 18.0 Å². The Morgan fingerprint density at radius 3 is 2.94 bits per heavy atom. The van der Waals surface area contributed by atoms with Gasteiger partial charge in [-0.15, -0.1) is 0 Å². The Kier molecular flexibility index (Phi) is 4.42. The Morgan fingerprint density at radius 2 is 2.29 bits per heavy atom. The van der Waals surface area contributed by atoms with Gasteiger partial charge in [0.2, 0.25) is 0 Å². The van der Waals surface area contributed by atoms with Gasteiger partial charge in [0.1, 0.15) is 4.99 Å². The maximum absolute atomic E-state index is 5.75. The average Bonchev–Trinajstić information content (AvgIpc) is 2.83. The van der Waals surface area contributed by atoms with E-state index < -0.39 is 0 Å². The van der Waals surface area contributed by atoms with Crippen molar-refractivity contribution in [1.82, 2.24) is 4.90 Å². The van der Waals surface area contributed by atoms with Gasteiger partial charge in [0, 0.05) is 23.9 Å². The lowest BCUT2D eigenvalue weighted by molar-refractivity contribution is 0.254. The van der Waals surface area contributed by atoms with Crippen LogP contribution in [0, 0.1) is 0 Å². The molecule has 0 saturated carbocycles. The number of hydrogen-bond acceptors (Lipinski definition) is 3. The second-order valence-corrected chi connectivity index (χ2v) is 6.04. The standard InChI is InChI=1S/C13H18N2S2/c1-15(11-6-7-17-9-11)8-10-4-2-3-5-12(10)13(14)16/h2-5,11H,6-9H2,1H3,(H2,14,16). The van der Waals surface area contributed by atoms with Crippen LogP contribution >= 0.6 is 24.0 Å². The quantitative estimate of drug-likeness (QED) is 0.847. The van der Waals surface area contributed by atoms with E-state index in [-0.39, 0.29) is 0 Å². The van der Waals surface area contributed by atoms with Gasteiger partial charge in [-0.2, -0.15) is 11.8 Å². The molecule has 92 valence electrons. The van der Waals surface area contributed by atoms with Crippen molar-refractivity contribution in [1.29, 1.82) is 0 Å². The molecule has 0 amide bonds. The third-order valence-electron chi connectivity index (χ3n) is 3.23. The summed E-state index contributed by atoms with van der Waals surface area (Å²) in [7, 11) is 2.19. The zero-order valence-corrected chi connectivity index (χ0v) is 11.7. The molecule has 1 aromatic carbocycles. The highest BCUT2D eigenvalue weighted by atomic mass is 32.2. The lowest BCUT2D eigenvalue weighted by Crippen LogP contribution is -2.31. The van der Waals surface area contributed by atoms with Crippen molar-refractivity contribution in [3.8, 4) is 0 Å². The Morgan fingerprint density at radius 1 is 1.53 bits per heavy atom. The van der Waals surface area contributed by atoms with Crippen LogP contribution in [0.25, 0.3) is 0 Å². The van der Waals surface area contributed by atoms with E-state index >= 15 is 0 Å². The first-order valence-corrected chi connectivity index (χ1v) is 7.40. The molecule has 1 aromatic rings. The van der Waals surface area contributed by atoms with Gasteiger partial charge in [-0.25, -0.2) is 0 Å². The minimum Gasteiger partial charge on any atom is -0.389 e. The SMILES string of the molecule is CN(Cc1ccccc1C(N)=S)C1CCSC1. The molecule has 1 saturated heterocycles. The van der Waals surface area contributed by atoms with Crippen LogP contribution in [0.2, 0.25) is 0 Å². The molecule has 1 aliphatic heterocycles. The molecule has 0 radical (unpaired) electrons. The van der Waals surface area contributed by atoms with Gasteiger partial charge in [-0.05, 0) is 24.8 Å². The third-order valence-corrected chi connectivity index (χ3v) is 4.60. The van der Waals surface area contributed by atoms with Gasteiger partial charge >= 0.3 is 0 Å². The second kappa shape index (κ2) is 5.85. The molecular weight excluding hydrogens is 248 g/mol. The van der Waals surface area contributed by atoms with Crippen LogP contribution in [0.15, 0.2) is 24.3 Å². The predicted octanol–water partition coefficient (Wildman–Crippen LogP) is 2.26. The molecule has 4 heteroatoms. The van der Waals surface area contributed by atoms with E-state index in [1.165, 1.54) is 23.5 Å². The maximum atomic E-state index is 5.75. The minimum absolute atomic E-state index is 0.495. The Labute approximate surface area is 113 Å². The third kappa shape index (κ3) is 3.21. The number of hydrogen-bond donors (Lipinski definition) is 1. The first-order valence-electron chi connectivity index (χ1n) is 5.84. The summed E-state index contributed by atoms with van der Waals surface area (Å²) < 4.78 is 0. The summed E-state index contributed by atoms with van der Waals surface area (Å²) in [5, 5.41) is 0. The summed E-state index contributed by atoms with van der Waals surface area (Å²) in [6.45, 7) is 0.929. The molecule has 0 bridgehead atoms. The van der Waals surface area contributed by atoms with E-state index in [0.29, 0.717) is 11.0 Å². The van der Waals surface area contributed by atoms with Gasteiger partial charge < -0.3 is 5.73 Å². The van der Waals surface area contributed by atoms with E-state index in [9.17, 15) is 0 Å². The van der Waals surface area contributed by atoms with Crippen LogP contribution in [0.4, 0.5) is 0 Å². The molecule has 1 fully saturated rings. The largest absolute Gasteiger partial charge is 0.389 e. The van der Waals surface area contributed by atoms with Crippen molar-refractivity contribution < 1.29 is 0 Å². The summed E-state index contributed by atoms with van der Waals surface area (Å²) in [5.74, 6) is 2.53. The van der Waals surface area contributed by atoms with Gasteiger partial charge in [0.05, 0.1) is 0 Å². The highest BCUT2D eigenvalue weighted by molar-refractivity contribution is 7.99. The van der Waals surface area contributed by atoms with Crippen molar-refractivity contribution in [3.05, 3.63) is 35.4 Å². The van der Waals surface area contributed by atoms with Crippen LogP contribution in [0.5, 0.6) is 0 Å². The number of thiocarbonyl (C=S) groups is 1. The number of nitrogens with zero attached hydrogens (tertiary/aromatic N) is 1. The fourth-order valence-corrected chi connectivity index (χ4v) is 3.66. The first kappa shape index (κ1) is 12.9. The van der Waals surface area contributed by atoms with Crippen molar-refractivity contribution in [2.45, 2.75) is 19.0 Å². The van der Waals surface area contributed by atoms with Crippen LogP contribution in [0.1, 0.15) is 17.5 Å². The average molecular weight is 266 g/mol. The molecule has 1 unspecified atom stereocenters. The highest BCUT2D eigenvalue weighted by Gasteiger charge is 2.20. The zero-order chi connectivity index (χ0) is 12.3. The molecule has 2 rings (SSSR count).